The van der Waals surface area contributed by atoms with E-state index in [1.54, 1.807) is 11.0 Å². The van der Waals surface area contributed by atoms with Crippen LogP contribution in [0.2, 0.25) is 5.15 Å². The molecular weight excluding hydrogens is 272 g/mol. The maximum atomic E-state index is 12.6. The van der Waals surface area contributed by atoms with Crippen LogP contribution in [-0.4, -0.2) is 28.9 Å². The molecule has 0 atom stereocenters. The standard InChI is InChI=1S/C16H25ClN2O/c1-7-12(8-2)19(6)15(20)11-9-13(16(3,4)5)18-14(17)10-11/h9-10,12H,7-8H2,1-6H3. The van der Waals surface area contributed by atoms with Crippen molar-refractivity contribution in [1.29, 1.82) is 0 Å². The van der Waals surface area contributed by atoms with Crippen LogP contribution in [0.3, 0.4) is 0 Å². The lowest BCUT2D eigenvalue weighted by Gasteiger charge is -2.27. The van der Waals surface area contributed by atoms with Gasteiger partial charge in [-0.3, -0.25) is 4.79 Å². The van der Waals surface area contributed by atoms with E-state index in [2.05, 4.69) is 39.6 Å². The van der Waals surface area contributed by atoms with Gasteiger partial charge < -0.3 is 4.90 Å². The van der Waals surface area contributed by atoms with Gasteiger partial charge in [-0.2, -0.15) is 0 Å². The normalized spacial score (nSPS) is 11.8. The Morgan fingerprint density at radius 1 is 1.30 bits per heavy atom. The Kier molecular flexibility index (Phi) is 5.58. The SMILES string of the molecule is CCC(CC)N(C)C(=O)c1cc(Cl)nc(C(C)(C)C)c1. The molecule has 0 fully saturated rings. The highest BCUT2D eigenvalue weighted by atomic mass is 35.5. The van der Waals surface area contributed by atoms with Crippen molar-refractivity contribution in [2.45, 2.75) is 58.9 Å². The molecule has 20 heavy (non-hydrogen) atoms. The van der Waals surface area contributed by atoms with Crippen LogP contribution in [-0.2, 0) is 5.41 Å². The first kappa shape index (κ1) is 17.0. The Hall–Kier alpha value is -1.09. The first-order chi connectivity index (χ1) is 9.20. The van der Waals surface area contributed by atoms with Crippen LogP contribution in [0.4, 0.5) is 0 Å². The van der Waals surface area contributed by atoms with Crippen LogP contribution in [0, 0.1) is 0 Å². The average molecular weight is 297 g/mol. The average Bonchev–Trinajstić information content (AvgIpc) is 2.37. The number of hydrogen-bond acceptors (Lipinski definition) is 2. The third kappa shape index (κ3) is 3.95. The highest BCUT2D eigenvalue weighted by molar-refractivity contribution is 6.29. The minimum atomic E-state index is -0.132. The number of carbonyl (C=O) groups is 1. The van der Waals surface area contributed by atoms with Crippen LogP contribution in [0.1, 0.15) is 63.5 Å². The van der Waals surface area contributed by atoms with Gasteiger partial charge in [-0.1, -0.05) is 46.2 Å². The second-order valence-electron chi connectivity index (χ2n) is 6.20. The lowest BCUT2D eigenvalue weighted by molar-refractivity contribution is 0.0723. The molecule has 0 aliphatic rings. The zero-order valence-electron chi connectivity index (χ0n) is 13.3. The number of aromatic nitrogens is 1. The number of pyridine rings is 1. The van der Waals surface area contributed by atoms with Gasteiger partial charge in [-0.25, -0.2) is 4.98 Å². The molecule has 4 heteroatoms. The molecule has 3 nitrogen and oxygen atoms in total. The van der Waals surface area contributed by atoms with Gasteiger partial charge >= 0.3 is 0 Å². The topological polar surface area (TPSA) is 33.2 Å². The van der Waals surface area contributed by atoms with Crippen molar-refractivity contribution in [1.82, 2.24) is 9.88 Å². The fraction of sp³-hybridized carbons (Fsp3) is 0.625. The lowest BCUT2D eigenvalue weighted by Crippen LogP contribution is -2.36. The molecule has 1 aromatic rings. The summed E-state index contributed by atoms with van der Waals surface area (Å²) in [6.07, 6.45) is 1.90. The van der Waals surface area contributed by atoms with Crippen LogP contribution >= 0.6 is 11.6 Å². The van der Waals surface area contributed by atoms with Gasteiger partial charge in [0.1, 0.15) is 5.15 Å². The second-order valence-corrected chi connectivity index (χ2v) is 6.59. The van der Waals surface area contributed by atoms with E-state index in [0.29, 0.717) is 10.7 Å². The van der Waals surface area contributed by atoms with Crippen LogP contribution in [0.5, 0.6) is 0 Å². The van der Waals surface area contributed by atoms with Gasteiger partial charge in [0.2, 0.25) is 0 Å². The number of nitrogens with zero attached hydrogens (tertiary/aromatic N) is 2. The number of rotatable bonds is 4. The summed E-state index contributed by atoms with van der Waals surface area (Å²) in [4.78, 5) is 18.7. The Bertz CT molecular complexity index is 476. The third-order valence-electron chi connectivity index (χ3n) is 3.62. The predicted octanol–water partition coefficient (Wildman–Crippen LogP) is 4.29. The lowest BCUT2D eigenvalue weighted by atomic mass is 9.90. The predicted molar refractivity (Wildman–Crippen MR) is 84.4 cm³/mol. The van der Waals surface area contributed by atoms with Crippen molar-refractivity contribution in [3.8, 4) is 0 Å². The molecule has 1 rings (SSSR count). The van der Waals surface area contributed by atoms with Gasteiger partial charge in [0.25, 0.3) is 5.91 Å². The second kappa shape index (κ2) is 6.57. The highest BCUT2D eigenvalue weighted by Gasteiger charge is 2.22. The minimum absolute atomic E-state index is 0.00787. The summed E-state index contributed by atoms with van der Waals surface area (Å²) in [7, 11) is 1.85. The van der Waals surface area contributed by atoms with Crippen molar-refractivity contribution >= 4 is 17.5 Å². The van der Waals surface area contributed by atoms with Crippen molar-refractivity contribution in [3.63, 3.8) is 0 Å². The fourth-order valence-corrected chi connectivity index (χ4v) is 2.42. The molecule has 1 heterocycles. The largest absolute Gasteiger partial charge is 0.339 e. The molecule has 1 aromatic heterocycles. The van der Waals surface area contributed by atoms with Crippen LogP contribution < -0.4 is 0 Å². The molecule has 0 bridgehead atoms. The number of carbonyl (C=O) groups excluding carboxylic acids is 1. The summed E-state index contributed by atoms with van der Waals surface area (Å²) >= 11 is 6.07. The van der Waals surface area contributed by atoms with E-state index in [4.69, 9.17) is 11.6 Å². The number of amides is 1. The van der Waals surface area contributed by atoms with Gasteiger partial charge in [-0.15, -0.1) is 0 Å². The Balaban J connectivity index is 3.13. The van der Waals surface area contributed by atoms with Gasteiger partial charge in [0, 0.05) is 29.8 Å². The zero-order valence-corrected chi connectivity index (χ0v) is 14.1. The Morgan fingerprint density at radius 3 is 2.30 bits per heavy atom. The molecule has 0 unspecified atom stereocenters. The molecule has 0 N–H and O–H groups in total. The van der Waals surface area contributed by atoms with E-state index in [1.165, 1.54) is 0 Å². The molecule has 0 spiro atoms. The molecule has 0 aliphatic carbocycles. The Morgan fingerprint density at radius 2 is 1.85 bits per heavy atom. The summed E-state index contributed by atoms with van der Waals surface area (Å²) in [5, 5.41) is 0.374. The first-order valence-electron chi connectivity index (χ1n) is 7.15. The third-order valence-corrected chi connectivity index (χ3v) is 3.81. The number of hydrogen-bond donors (Lipinski definition) is 0. The molecule has 0 aromatic carbocycles. The van der Waals surface area contributed by atoms with Gasteiger partial charge in [-0.05, 0) is 25.0 Å². The molecule has 0 aliphatic heterocycles. The summed E-state index contributed by atoms with van der Waals surface area (Å²) in [6.45, 7) is 10.4. The van der Waals surface area contributed by atoms with Crippen molar-refractivity contribution in [3.05, 3.63) is 28.5 Å². The maximum absolute atomic E-state index is 12.6. The molecule has 0 radical (unpaired) electrons. The summed E-state index contributed by atoms with van der Waals surface area (Å²) in [5.74, 6) is 0.00787. The summed E-state index contributed by atoms with van der Waals surface area (Å²) in [6, 6.07) is 3.76. The van der Waals surface area contributed by atoms with Crippen molar-refractivity contribution in [2.75, 3.05) is 7.05 Å². The van der Waals surface area contributed by atoms with Gasteiger partial charge in [0.05, 0.1) is 0 Å². The van der Waals surface area contributed by atoms with Crippen LogP contribution in [0.25, 0.3) is 0 Å². The summed E-state index contributed by atoms with van der Waals surface area (Å²) < 4.78 is 0. The monoisotopic (exact) mass is 296 g/mol. The van der Waals surface area contributed by atoms with Crippen molar-refractivity contribution < 1.29 is 4.79 Å². The molecular formula is C16H25ClN2O. The first-order valence-corrected chi connectivity index (χ1v) is 7.53. The fourth-order valence-electron chi connectivity index (χ4n) is 2.21. The maximum Gasteiger partial charge on any atom is 0.254 e. The van der Waals surface area contributed by atoms with Gasteiger partial charge in [0.15, 0.2) is 0 Å². The zero-order chi connectivity index (χ0) is 15.5. The highest BCUT2D eigenvalue weighted by Crippen LogP contribution is 2.24. The molecule has 1 amide bonds. The van der Waals surface area contributed by atoms with Crippen LogP contribution in [0.15, 0.2) is 12.1 Å². The molecule has 112 valence electrons. The molecule has 0 saturated carbocycles. The quantitative estimate of drug-likeness (QED) is 0.776. The summed E-state index contributed by atoms with van der Waals surface area (Å²) in [5.41, 5.74) is 1.32. The molecule has 0 saturated heterocycles. The van der Waals surface area contributed by atoms with E-state index < -0.39 is 0 Å². The minimum Gasteiger partial charge on any atom is -0.339 e. The van der Waals surface area contributed by atoms with Crippen molar-refractivity contribution in [2.24, 2.45) is 0 Å². The smallest absolute Gasteiger partial charge is 0.254 e. The van der Waals surface area contributed by atoms with E-state index in [-0.39, 0.29) is 17.4 Å². The van der Waals surface area contributed by atoms with E-state index in [9.17, 15) is 4.79 Å². The van der Waals surface area contributed by atoms with E-state index in [0.717, 1.165) is 18.5 Å². The Labute approximate surface area is 127 Å². The number of halogens is 1. The van der Waals surface area contributed by atoms with E-state index in [1.807, 2.05) is 13.1 Å². The van der Waals surface area contributed by atoms with E-state index >= 15 is 0 Å².